The van der Waals surface area contributed by atoms with Crippen LogP contribution in [-0.2, 0) is 39.8 Å². The minimum Gasteiger partial charge on any atom is -0.358 e. The lowest BCUT2D eigenvalue weighted by Crippen LogP contribution is -2.66. The van der Waals surface area contributed by atoms with E-state index < -0.39 is 46.9 Å². The number of carbonyl (C=O) groups is 3. The monoisotopic (exact) mass is 754 g/mol. The summed E-state index contributed by atoms with van der Waals surface area (Å²) in [6, 6.07) is 8.54. The van der Waals surface area contributed by atoms with Crippen molar-refractivity contribution in [2.45, 2.75) is 96.4 Å². The minimum atomic E-state index is -4.60. The molecular formula is C41H54F4N6O3. The van der Waals surface area contributed by atoms with Crippen LogP contribution in [-0.4, -0.2) is 78.0 Å². The second kappa shape index (κ2) is 17.9. The SMILES string of the molecule is CCC(C)[C@H](NC(=O)Cc1ccccc1F)C(=O)N[C@]1(C(=O)N[C@H](CNCCN2CC=CCC2)C(C)CC)CCc2[nH]c3c(C(F)(F)F)cccc3c2C1. The van der Waals surface area contributed by atoms with E-state index in [4.69, 9.17) is 0 Å². The Morgan fingerprint density at radius 2 is 1.74 bits per heavy atom. The van der Waals surface area contributed by atoms with E-state index in [1.807, 2.05) is 20.8 Å². The summed E-state index contributed by atoms with van der Waals surface area (Å²) in [5.41, 5.74) is -1.09. The minimum absolute atomic E-state index is 0.0544. The van der Waals surface area contributed by atoms with Gasteiger partial charge in [-0.15, -0.1) is 0 Å². The van der Waals surface area contributed by atoms with Crippen molar-refractivity contribution in [3.05, 3.63) is 82.8 Å². The summed E-state index contributed by atoms with van der Waals surface area (Å²) in [5, 5.41) is 12.9. The van der Waals surface area contributed by atoms with Gasteiger partial charge in [0.1, 0.15) is 17.4 Å². The lowest BCUT2D eigenvalue weighted by atomic mass is 9.78. The van der Waals surface area contributed by atoms with Crippen molar-refractivity contribution < 1.29 is 31.9 Å². The van der Waals surface area contributed by atoms with Crippen molar-refractivity contribution in [2.75, 3.05) is 32.7 Å². The molecule has 0 saturated carbocycles. The fraction of sp³-hybridized carbons (Fsp3) is 0.537. The Labute approximate surface area is 315 Å². The lowest BCUT2D eigenvalue weighted by molar-refractivity contribution is -0.137. The maximum absolute atomic E-state index is 14.7. The number of carbonyl (C=O) groups excluding carboxylic acids is 3. The number of amides is 3. The van der Waals surface area contributed by atoms with Crippen LogP contribution in [0.4, 0.5) is 17.6 Å². The molecule has 0 bridgehead atoms. The number of benzene rings is 2. The summed E-state index contributed by atoms with van der Waals surface area (Å²) in [6.07, 6.45) is 2.04. The van der Waals surface area contributed by atoms with Gasteiger partial charge in [-0.1, -0.05) is 83.0 Å². The number of aromatic nitrogens is 1. The molecule has 5 atom stereocenters. The predicted octanol–water partition coefficient (Wildman–Crippen LogP) is 5.83. The van der Waals surface area contributed by atoms with Crippen LogP contribution >= 0.6 is 0 Å². The molecule has 2 heterocycles. The van der Waals surface area contributed by atoms with Crippen LogP contribution in [0.1, 0.15) is 75.8 Å². The molecule has 1 aliphatic heterocycles. The highest BCUT2D eigenvalue weighted by Gasteiger charge is 2.47. The topological polar surface area (TPSA) is 118 Å². The zero-order valence-corrected chi connectivity index (χ0v) is 31.7. The van der Waals surface area contributed by atoms with Crippen molar-refractivity contribution in [1.29, 1.82) is 0 Å². The Hall–Kier alpha value is -4.23. The largest absolute Gasteiger partial charge is 0.418 e. The lowest BCUT2D eigenvalue weighted by Gasteiger charge is -2.40. The quantitative estimate of drug-likeness (QED) is 0.0718. The van der Waals surface area contributed by atoms with Crippen LogP contribution in [0.3, 0.4) is 0 Å². The maximum Gasteiger partial charge on any atom is 0.418 e. The van der Waals surface area contributed by atoms with Crippen LogP contribution in [0.2, 0.25) is 0 Å². The Morgan fingerprint density at radius 1 is 0.981 bits per heavy atom. The van der Waals surface area contributed by atoms with Crippen molar-refractivity contribution in [1.82, 2.24) is 31.2 Å². The van der Waals surface area contributed by atoms with Gasteiger partial charge in [-0.3, -0.25) is 19.3 Å². The molecule has 0 fully saturated rings. The van der Waals surface area contributed by atoms with Gasteiger partial charge in [-0.05, 0) is 54.4 Å². The molecule has 0 radical (unpaired) electrons. The third kappa shape index (κ3) is 9.70. The first-order valence-electron chi connectivity index (χ1n) is 19.2. The van der Waals surface area contributed by atoms with Gasteiger partial charge in [0, 0.05) is 56.3 Å². The Morgan fingerprint density at radius 3 is 2.43 bits per heavy atom. The van der Waals surface area contributed by atoms with Crippen LogP contribution in [0, 0.1) is 17.7 Å². The standard InChI is InChI=1S/C41H54F4N6O3/c1-5-26(3)34(25-46-19-22-51-20-10-7-11-21-51)48-39(54)40(18-17-33-30(24-40)29-14-12-15-31(37(29)47-33)41(43,44)45)50-38(53)36(27(4)6-2)49-35(52)23-28-13-8-9-16-32(28)42/h7-10,12-16,26-27,34,36,46-47H,5-6,11,17-25H2,1-4H3,(H,48,54)(H,49,52)(H,50,53)/t26?,27?,34-,36+,40-/m1/s1. The molecule has 5 rings (SSSR count). The predicted molar refractivity (Wildman–Crippen MR) is 202 cm³/mol. The molecule has 13 heteroatoms. The number of hydrogen-bond acceptors (Lipinski definition) is 5. The van der Waals surface area contributed by atoms with Crippen molar-refractivity contribution in [3.63, 3.8) is 0 Å². The summed E-state index contributed by atoms with van der Waals surface area (Å²) in [7, 11) is 0. The third-order valence-electron chi connectivity index (χ3n) is 11.3. The molecule has 2 aromatic carbocycles. The molecule has 9 nitrogen and oxygen atoms in total. The number of halogens is 4. The molecule has 2 unspecified atom stereocenters. The van der Waals surface area contributed by atoms with Gasteiger partial charge in [0.05, 0.1) is 17.5 Å². The van der Waals surface area contributed by atoms with Crippen LogP contribution in [0.5, 0.6) is 0 Å². The molecule has 54 heavy (non-hydrogen) atoms. The van der Waals surface area contributed by atoms with E-state index in [0.29, 0.717) is 29.6 Å². The van der Waals surface area contributed by atoms with E-state index in [1.165, 1.54) is 24.3 Å². The molecule has 3 aromatic rings. The van der Waals surface area contributed by atoms with Crippen molar-refractivity contribution in [3.8, 4) is 0 Å². The van der Waals surface area contributed by atoms with Crippen molar-refractivity contribution in [2.24, 2.45) is 11.8 Å². The summed E-state index contributed by atoms with van der Waals surface area (Å²) in [6.45, 7) is 11.7. The van der Waals surface area contributed by atoms with Gasteiger partial charge >= 0.3 is 6.18 Å². The van der Waals surface area contributed by atoms with E-state index >= 15 is 0 Å². The Bertz CT molecular complexity index is 1810. The average Bonchev–Trinajstić information content (AvgIpc) is 3.52. The molecular weight excluding hydrogens is 700 g/mol. The zero-order valence-electron chi connectivity index (χ0n) is 31.7. The fourth-order valence-corrected chi connectivity index (χ4v) is 7.49. The summed E-state index contributed by atoms with van der Waals surface area (Å²) >= 11 is 0. The molecule has 0 spiro atoms. The van der Waals surface area contributed by atoms with E-state index in [2.05, 4.69) is 50.2 Å². The molecule has 294 valence electrons. The number of nitrogens with zero attached hydrogens (tertiary/aromatic N) is 1. The van der Waals surface area contributed by atoms with Gasteiger partial charge in [-0.25, -0.2) is 4.39 Å². The van der Waals surface area contributed by atoms with Crippen LogP contribution in [0.15, 0.2) is 54.6 Å². The second-order valence-electron chi connectivity index (χ2n) is 15.0. The number of rotatable bonds is 16. The number of aromatic amines is 1. The molecule has 2 aliphatic rings. The Balaban J connectivity index is 1.43. The summed E-state index contributed by atoms with van der Waals surface area (Å²) in [5.74, 6) is -2.40. The highest BCUT2D eigenvalue weighted by atomic mass is 19.4. The molecule has 5 N–H and O–H groups in total. The van der Waals surface area contributed by atoms with E-state index in [9.17, 15) is 31.9 Å². The van der Waals surface area contributed by atoms with Gasteiger partial charge in [0.25, 0.3) is 0 Å². The van der Waals surface area contributed by atoms with E-state index in [-0.39, 0.29) is 54.6 Å². The average molecular weight is 755 g/mol. The van der Waals surface area contributed by atoms with Crippen molar-refractivity contribution >= 4 is 28.6 Å². The van der Waals surface area contributed by atoms with E-state index in [1.54, 1.807) is 12.1 Å². The van der Waals surface area contributed by atoms with Gasteiger partial charge in [0.2, 0.25) is 17.7 Å². The molecule has 1 aliphatic carbocycles. The molecule has 3 amide bonds. The molecule has 0 saturated heterocycles. The number of nitrogens with one attached hydrogen (secondary N) is 5. The Kier molecular flexibility index (Phi) is 13.6. The van der Waals surface area contributed by atoms with Crippen LogP contribution in [0.25, 0.3) is 10.9 Å². The first-order chi connectivity index (χ1) is 25.8. The number of fused-ring (bicyclic) bond motifs is 3. The normalized spacial score (nSPS) is 19.8. The summed E-state index contributed by atoms with van der Waals surface area (Å²) in [4.78, 5) is 47.7. The highest BCUT2D eigenvalue weighted by molar-refractivity contribution is 5.97. The smallest absolute Gasteiger partial charge is 0.358 e. The first-order valence-corrected chi connectivity index (χ1v) is 19.2. The highest BCUT2D eigenvalue weighted by Crippen LogP contribution is 2.40. The van der Waals surface area contributed by atoms with Gasteiger partial charge in [0.15, 0.2) is 0 Å². The summed E-state index contributed by atoms with van der Waals surface area (Å²) < 4.78 is 56.6. The number of hydrogen-bond donors (Lipinski definition) is 5. The number of para-hydroxylation sites is 1. The van der Waals surface area contributed by atoms with Gasteiger partial charge in [-0.2, -0.15) is 13.2 Å². The number of H-pyrrole nitrogens is 1. The fourth-order valence-electron chi connectivity index (χ4n) is 7.49. The number of aryl methyl sites for hydroxylation is 1. The first kappa shape index (κ1) is 40.9. The number of alkyl halides is 3. The third-order valence-corrected chi connectivity index (χ3v) is 11.3. The molecule has 1 aromatic heterocycles. The van der Waals surface area contributed by atoms with Crippen LogP contribution < -0.4 is 21.3 Å². The van der Waals surface area contributed by atoms with E-state index in [0.717, 1.165) is 45.1 Å². The zero-order chi connectivity index (χ0) is 39.0. The van der Waals surface area contributed by atoms with Gasteiger partial charge < -0.3 is 26.3 Å². The maximum atomic E-state index is 14.7. The second-order valence-corrected chi connectivity index (χ2v) is 15.0.